The van der Waals surface area contributed by atoms with Gasteiger partial charge >= 0.3 is 6.03 Å². The molecule has 146 valence electrons. The largest absolute Gasteiger partial charge is 0.440 e. The van der Waals surface area contributed by atoms with Crippen molar-refractivity contribution in [3.63, 3.8) is 0 Å². The van der Waals surface area contributed by atoms with Gasteiger partial charge in [0.05, 0.1) is 6.04 Å². The molecule has 1 unspecified atom stereocenters. The molecule has 5 heteroatoms. The van der Waals surface area contributed by atoms with Crippen LogP contribution in [0.1, 0.15) is 55.7 Å². The molecule has 1 aromatic heterocycles. The molecule has 0 aliphatic carbocycles. The summed E-state index contributed by atoms with van der Waals surface area (Å²) in [4.78, 5) is 19.2. The van der Waals surface area contributed by atoms with Gasteiger partial charge in [-0.2, -0.15) is 0 Å². The van der Waals surface area contributed by atoms with Gasteiger partial charge in [-0.3, -0.25) is 0 Å². The van der Waals surface area contributed by atoms with Crippen molar-refractivity contribution in [3.8, 4) is 0 Å². The van der Waals surface area contributed by atoms with Crippen LogP contribution in [0.3, 0.4) is 0 Å². The highest BCUT2D eigenvalue weighted by atomic mass is 16.3. The number of nitrogens with zero attached hydrogens (tertiary/aromatic N) is 2. The summed E-state index contributed by atoms with van der Waals surface area (Å²) in [6.07, 6.45) is 2.77. The van der Waals surface area contributed by atoms with E-state index in [0.29, 0.717) is 0 Å². The second-order valence-electron chi connectivity index (χ2n) is 7.55. The third-order valence-electron chi connectivity index (χ3n) is 5.67. The van der Waals surface area contributed by atoms with E-state index in [0.717, 1.165) is 54.9 Å². The predicted octanol–water partition coefficient (Wildman–Crippen LogP) is 5.04. The minimum atomic E-state index is -0.00632. The van der Waals surface area contributed by atoms with E-state index in [4.69, 9.17) is 4.42 Å². The molecular formula is C23H27N3O2. The summed E-state index contributed by atoms with van der Waals surface area (Å²) in [6.45, 7) is 5.61. The molecule has 4 rings (SSSR count). The molecule has 2 aromatic carbocycles. The van der Waals surface area contributed by atoms with Crippen LogP contribution in [0.4, 0.5) is 4.79 Å². The maximum atomic E-state index is 12.7. The average molecular weight is 377 g/mol. The monoisotopic (exact) mass is 377 g/mol. The van der Waals surface area contributed by atoms with Crippen LogP contribution in [0.15, 0.2) is 52.9 Å². The lowest BCUT2D eigenvalue weighted by Crippen LogP contribution is -2.44. The Morgan fingerprint density at radius 3 is 2.57 bits per heavy atom. The smallest absolute Gasteiger partial charge is 0.317 e. The number of carbonyl (C=O) groups excluding carboxylic acids is 1. The van der Waals surface area contributed by atoms with Gasteiger partial charge in [0, 0.05) is 19.0 Å². The lowest BCUT2D eigenvalue weighted by molar-refractivity contribution is 0.174. The van der Waals surface area contributed by atoms with Crippen molar-refractivity contribution in [2.75, 3.05) is 13.1 Å². The number of para-hydroxylation sites is 2. The summed E-state index contributed by atoms with van der Waals surface area (Å²) in [5.41, 5.74) is 4.18. The summed E-state index contributed by atoms with van der Waals surface area (Å²) in [6, 6.07) is 16.3. The molecule has 2 heterocycles. The Bertz CT molecular complexity index is 907. The van der Waals surface area contributed by atoms with Gasteiger partial charge in [0.2, 0.25) is 0 Å². The number of oxazole rings is 1. The fraction of sp³-hybridized carbons (Fsp3) is 0.391. The quantitative estimate of drug-likeness (QED) is 0.693. The Morgan fingerprint density at radius 1 is 1.18 bits per heavy atom. The fourth-order valence-corrected chi connectivity index (χ4v) is 3.80. The number of urea groups is 1. The van der Waals surface area contributed by atoms with Crippen molar-refractivity contribution in [3.05, 3.63) is 65.5 Å². The van der Waals surface area contributed by atoms with Gasteiger partial charge in [0.25, 0.3) is 0 Å². The Labute approximate surface area is 165 Å². The molecule has 1 fully saturated rings. The third kappa shape index (κ3) is 3.88. The van der Waals surface area contributed by atoms with Crippen molar-refractivity contribution < 1.29 is 9.21 Å². The van der Waals surface area contributed by atoms with Gasteiger partial charge in [-0.1, -0.05) is 43.3 Å². The number of likely N-dealkylation sites (tertiary alicyclic amines) is 1. The van der Waals surface area contributed by atoms with Gasteiger partial charge in [-0.05, 0) is 49.4 Å². The lowest BCUT2D eigenvalue weighted by Gasteiger charge is -2.31. The van der Waals surface area contributed by atoms with Crippen LogP contribution in [-0.4, -0.2) is 29.0 Å². The number of amides is 2. The molecule has 0 spiro atoms. The van der Waals surface area contributed by atoms with Crippen LogP contribution in [0.25, 0.3) is 11.1 Å². The SMILES string of the molecule is CCc1ccc(C(C)NC(=O)N2CCC(c3nc4ccccc4o3)CC2)cc1. The van der Waals surface area contributed by atoms with Crippen LogP contribution >= 0.6 is 0 Å². The Hall–Kier alpha value is -2.82. The fourth-order valence-electron chi connectivity index (χ4n) is 3.80. The molecule has 1 aliphatic heterocycles. The van der Waals surface area contributed by atoms with Crippen LogP contribution in [0.2, 0.25) is 0 Å². The van der Waals surface area contributed by atoms with E-state index < -0.39 is 0 Å². The maximum Gasteiger partial charge on any atom is 0.317 e. The van der Waals surface area contributed by atoms with Gasteiger partial charge in [-0.25, -0.2) is 9.78 Å². The summed E-state index contributed by atoms with van der Waals surface area (Å²) < 4.78 is 5.91. The first-order valence-corrected chi connectivity index (χ1v) is 10.1. The number of piperidine rings is 1. The topological polar surface area (TPSA) is 58.4 Å². The Kier molecular flexibility index (Phi) is 5.33. The van der Waals surface area contributed by atoms with Crippen LogP contribution in [0, 0.1) is 0 Å². The summed E-state index contributed by atoms with van der Waals surface area (Å²) >= 11 is 0. The number of nitrogens with one attached hydrogen (secondary N) is 1. The van der Waals surface area contributed by atoms with Crippen LogP contribution in [-0.2, 0) is 6.42 Å². The Balaban J connectivity index is 1.33. The molecule has 0 bridgehead atoms. The summed E-state index contributed by atoms with van der Waals surface area (Å²) in [5.74, 6) is 1.07. The number of carbonyl (C=O) groups is 1. The first kappa shape index (κ1) is 18.5. The molecule has 3 aromatic rings. The molecule has 1 atom stereocenters. The van der Waals surface area contributed by atoms with Crippen molar-refractivity contribution >= 4 is 17.1 Å². The summed E-state index contributed by atoms with van der Waals surface area (Å²) in [5, 5.41) is 3.13. The summed E-state index contributed by atoms with van der Waals surface area (Å²) in [7, 11) is 0. The highest BCUT2D eigenvalue weighted by Crippen LogP contribution is 2.30. The van der Waals surface area contributed by atoms with Crippen molar-refractivity contribution in [1.82, 2.24) is 15.2 Å². The number of benzene rings is 2. The molecule has 0 radical (unpaired) electrons. The van der Waals surface area contributed by atoms with Gasteiger partial charge in [0.15, 0.2) is 11.5 Å². The zero-order valence-electron chi connectivity index (χ0n) is 16.5. The number of hydrogen-bond donors (Lipinski definition) is 1. The normalized spacial score (nSPS) is 16.3. The van der Waals surface area contributed by atoms with Gasteiger partial charge in [-0.15, -0.1) is 0 Å². The molecule has 28 heavy (non-hydrogen) atoms. The Morgan fingerprint density at radius 2 is 1.89 bits per heavy atom. The number of aryl methyl sites for hydroxylation is 1. The molecule has 0 saturated carbocycles. The predicted molar refractivity (Wildman–Crippen MR) is 110 cm³/mol. The number of aromatic nitrogens is 1. The second kappa shape index (κ2) is 8.05. The first-order chi connectivity index (χ1) is 13.6. The third-order valence-corrected chi connectivity index (χ3v) is 5.67. The zero-order chi connectivity index (χ0) is 19.5. The van der Waals surface area contributed by atoms with Crippen molar-refractivity contribution in [2.45, 2.75) is 45.1 Å². The van der Waals surface area contributed by atoms with Crippen molar-refractivity contribution in [2.24, 2.45) is 0 Å². The van der Waals surface area contributed by atoms with E-state index in [9.17, 15) is 4.79 Å². The lowest BCUT2D eigenvalue weighted by atomic mass is 9.97. The van der Waals surface area contributed by atoms with E-state index in [1.807, 2.05) is 36.1 Å². The minimum Gasteiger partial charge on any atom is -0.440 e. The van der Waals surface area contributed by atoms with E-state index in [1.165, 1.54) is 5.56 Å². The molecular weight excluding hydrogens is 350 g/mol. The van der Waals surface area contributed by atoms with E-state index in [1.54, 1.807) is 0 Å². The first-order valence-electron chi connectivity index (χ1n) is 10.1. The van der Waals surface area contributed by atoms with Crippen molar-refractivity contribution in [1.29, 1.82) is 0 Å². The molecule has 1 N–H and O–H groups in total. The minimum absolute atomic E-state index is 0.00285. The second-order valence-corrected chi connectivity index (χ2v) is 7.55. The molecule has 5 nitrogen and oxygen atoms in total. The standard InChI is InChI=1S/C23H27N3O2/c1-3-17-8-10-18(11-9-17)16(2)24-23(27)26-14-12-19(13-15-26)22-25-20-6-4-5-7-21(20)28-22/h4-11,16,19H,3,12-15H2,1-2H3,(H,24,27). The zero-order valence-corrected chi connectivity index (χ0v) is 16.5. The highest BCUT2D eigenvalue weighted by molar-refractivity contribution is 5.75. The number of hydrogen-bond acceptors (Lipinski definition) is 3. The van der Waals surface area contributed by atoms with E-state index in [-0.39, 0.29) is 18.0 Å². The highest BCUT2D eigenvalue weighted by Gasteiger charge is 2.27. The van der Waals surface area contributed by atoms with Gasteiger partial charge < -0.3 is 14.6 Å². The van der Waals surface area contributed by atoms with E-state index in [2.05, 4.69) is 41.5 Å². The molecule has 2 amide bonds. The number of rotatable bonds is 4. The van der Waals surface area contributed by atoms with Gasteiger partial charge in [0.1, 0.15) is 5.52 Å². The molecule has 1 saturated heterocycles. The molecule has 1 aliphatic rings. The van der Waals surface area contributed by atoms with Crippen LogP contribution in [0.5, 0.6) is 0 Å². The van der Waals surface area contributed by atoms with Crippen LogP contribution < -0.4 is 5.32 Å². The maximum absolute atomic E-state index is 12.7. The average Bonchev–Trinajstić information content (AvgIpc) is 3.18. The number of fused-ring (bicyclic) bond motifs is 1. The van der Waals surface area contributed by atoms with E-state index >= 15 is 0 Å².